The lowest BCUT2D eigenvalue weighted by Gasteiger charge is -2.26. The lowest BCUT2D eigenvalue weighted by atomic mass is 9.86. The van der Waals surface area contributed by atoms with Gasteiger partial charge in [-0.1, -0.05) is 36.7 Å². The van der Waals surface area contributed by atoms with E-state index in [9.17, 15) is 0 Å². The first kappa shape index (κ1) is 18.3. The Morgan fingerprint density at radius 1 is 1.19 bits per heavy atom. The summed E-state index contributed by atoms with van der Waals surface area (Å²) < 4.78 is 11.8. The minimum absolute atomic E-state index is 0.263. The van der Waals surface area contributed by atoms with E-state index in [1.165, 1.54) is 12.0 Å². The zero-order valence-electron chi connectivity index (χ0n) is 13.9. The molecule has 4 heteroatoms. The van der Waals surface area contributed by atoms with Crippen molar-refractivity contribution in [2.45, 2.75) is 40.0 Å². The van der Waals surface area contributed by atoms with Crippen LogP contribution in [-0.4, -0.2) is 27.3 Å². The van der Waals surface area contributed by atoms with Gasteiger partial charge in [-0.05, 0) is 37.3 Å². The van der Waals surface area contributed by atoms with Gasteiger partial charge in [0.1, 0.15) is 11.5 Å². The number of methoxy groups -OCH3 is 2. The second kappa shape index (κ2) is 8.64. The van der Waals surface area contributed by atoms with Crippen molar-refractivity contribution in [1.82, 2.24) is 5.32 Å². The predicted molar refractivity (Wildman–Crippen MR) is 92.5 cm³/mol. The van der Waals surface area contributed by atoms with Gasteiger partial charge in [-0.25, -0.2) is 0 Å². The normalized spacial score (nSPS) is 11.5. The first-order chi connectivity index (χ1) is 9.93. The minimum atomic E-state index is 0.263. The smallest absolute Gasteiger partial charge is 0.126 e. The summed E-state index contributed by atoms with van der Waals surface area (Å²) >= 11 is 3.64. The third-order valence-corrected chi connectivity index (χ3v) is 4.37. The van der Waals surface area contributed by atoms with Gasteiger partial charge in [0.2, 0.25) is 0 Å². The Labute approximate surface area is 137 Å². The van der Waals surface area contributed by atoms with Crippen LogP contribution in [0.4, 0.5) is 0 Å². The van der Waals surface area contributed by atoms with Crippen molar-refractivity contribution in [3.63, 3.8) is 0 Å². The third-order valence-electron chi connectivity index (χ3n) is 3.67. The van der Waals surface area contributed by atoms with Crippen LogP contribution < -0.4 is 14.8 Å². The van der Waals surface area contributed by atoms with Crippen molar-refractivity contribution in [2.75, 3.05) is 27.3 Å². The molecule has 0 aliphatic rings. The standard InChI is InChI=1S/C17H28BrNO2/c1-6-9-19-12-17(2,3)8-7-14-15(18)10-13(20-4)11-16(14)21-5/h10-11,19H,6-9,12H2,1-5H3. The van der Waals surface area contributed by atoms with Crippen LogP contribution in [0.2, 0.25) is 0 Å². The fourth-order valence-corrected chi connectivity index (χ4v) is 2.90. The number of hydrogen-bond acceptors (Lipinski definition) is 3. The molecule has 0 saturated heterocycles. The van der Waals surface area contributed by atoms with Crippen LogP contribution in [0.15, 0.2) is 16.6 Å². The summed E-state index contributed by atoms with van der Waals surface area (Å²) in [4.78, 5) is 0. The molecule has 1 rings (SSSR count). The van der Waals surface area contributed by atoms with E-state index < -0.39 is 0 Å². The Hall–Kier alpha value is -0.740. The molecule has 1 aromatic rings. The minimum Gasteiger partial charge on any atom is -0.497 e. The van der Waals surface area contributed by atoms with E-state index in [2.05, 4.69) is 42.0 Å². The average Bonchev–Trinajstić information content (AvgIpc) is 2.45. The summed E-state index contributed by atoms with van der Waals surface area (Å²) in [7, 11) is 3.38. The molecule has 0 spiro atoms. The van der Waals surface area contributed by atoms with Crippen molar-refractivity contribution >= 4 is 15.9 Å². The topological polar surface area (TPSA) is 30.5 Å². The van der Waals surface area contributed by atoms with E-state index in [1.807, 2.05) is 12.1 Å². The molecule has 0 aliphatic heterocycles. The molecular formula is C17H28BrNO2. The molecule has 0 radical (unpaired) electrons. The van der Waals surface area contributed by atoms with E-state index in [0.717, 1.165) is 41.9 Å². The summed E-state index contributed by atoms with van der Waals surface area (Å²) in [6, 6.07) is 3.95. The van der Waals surface area contributed by atoms with Gasteiger partial charge in [-0.15, -0.1) is 0 Å². The summed E-state index contributed by atoms with van der Waals surface area (Å²) in [5, 5.41) is 3.51. The molecule has 0 aromatic heterocycles. The van der Waals surface area contributed by atoms with Gasteiger partial charge in [0, 0.05) is 22.6 Å². The van der Waals surface area contributed by atoms with Gasteiger partial charge in [-0.3, -0.25) is 0 Å². The van der Waals surface area contributed by atoms with E-state index in [4.69, 9.17) is 9.47 Å². The third kappa shape index (κ3) is 5.87. The molecule has 0 heterocycles. The van der Waals surface area contributed by atoms with Gasteiger partial charge in [-0.2, -0.15) is 0 Å². The van der Waals surface area contributed by atoms with E-state index in [-0.39, 0.29) is 5.41 Å². The molecular weight excluding hydrogens is 330 g/mol. The zero-order valence-corrected chi connectivity index (χ0v) is 15.5. The largest absolute Gasteiger partial charge is 0.497 e. The SMILES string of the molecule is CCCNCC(C)(C)CCc1c(Br)cc(OC)cc1OC. The molecule has 0 saturated carbocycles. The lowest BCUT2D eigenvalue weighted by molar-refractivity contribution is 0.312. The van der Waals surface area contributed by atoms with Gasteiger partial charge >= 0.3 is 0 Å². The highest BCUT2D eigenvalue weighted by Gasteiger charge is 2.19. The highest BCUT2D eigenvalue weighted by Crippen LogP contribution is 2.35. The summed E-state index contributed by atoms with van der Waals surface area (Å²) in [5.41, 5.74) is 1.47. The fourth-order valence-electron chi connectivity index (χ4n) is 2.29. The molecule has 0 amide bonds. The summed E-state index contributed by atoms with van der Waals surface area (Å²) in [6.45, 7) is 8.92. The Bertz CT molecular complexity index is 447. The maximum atomic E-state index is 5.51. The lowest BCUT2D eigenvalue weighted by Crippen LogP contribution is -2.30. The fraction of sp³-hybridized carbons (Fsp3) is 0.647. The molecule has 1 aromatic carbocycles. The summed E-state index contributed by atoms with van der Waals surface area (Å²) in [5.74, 6) is 1.70. The van der Waals surface area contributed by atoms with Crippen LogP contribution in [0.5, 0.6) is 11.5 Å². The monoisotopic (exact) mass is 357 g/mol. The van der Waals surface area contributed by atoms with Crippen molar-refractivity contribution in [3.05, 3.63) is 22.2 Å². The number of hydrogen-bond donors (Lipinski definition) is 1. The van der Waals surface area contributed by atoms with Crippen LogP contribution in [0.3, 0.4) is 0 Å². The number of nitrogens with one attached hydrogen (secondary N) is 1. The molecule has 21 heavy (non-hydrogen) atoms. The van der Waals surface area contributed by atoms with Crippen molar-refractivity contribution in [1.29, 1.82) is 0 Å². The van der Waals surface area contributed by atoms with E-state index in [0.29, 0.717) is 0 Å². The average molecular weight is 358 g/mol. The van der Waals surface area contributed by atoms with Crippen LogP contribution in [0.25, 0.3) is 0 Å². The first-order valence-corrected chi connectivity index (χ1v) is 8.34. The van der Waals surface area contributed by atoms with Crippen LogP contribution in [0, 0.1) is 5.41 Å². The van der Waals surface area contributed by atoms with Gasteiger partial charge in [0.25, 0.3) is 0 Å². The summed E-state index contributed by atoms with van der Waals surface area (Å²) in [6.07, 6.45) is 3.26. The van der Waals surface area contributed by atoms with Gasteiger partial charge < -0.3 is 14.8 Å². The van der Waals surface area contributed by atoms with Crippen LogP contribution in [-0.2, 0) is 6.42 Å². The quantitative estimate of drug-likeness (QED) is 0.663. The van der Waals surface area contributed by atoms with E-state index >= 15 is 0 Å². The van der Waals surface area contributed by atoms with Crippen LogP contribution >= 0.6 is 15.9 Å². The van der Waals surface area contributed by atoms with Crippen molar-refractivity contribution in [3.8, 4) is 11.5 Å². The number of halogens is 1. The second-order valence-corrected chi connectivity index (χ2v) is 6.99. The van der Waals surface area contributed by atoms with Crippen molar-refractivity contribution in [2.24, 2.45) is 5.41 Å². The Kier molecular flexibility index (Phi) is 7.53. The Morgan fingerprint density at radius 2 is 1.90 bits per heavy atom. The first-order valence-electron chi connectivity index (χ1n) is 7.54. The van der Waals surface area contributed by atoms with Crippen molar-refractivity contribution < 1.29 is 9.47 Å². The highest BCUT2D eigenvalue weighted by molar-refractivity contribution is 9.10. The molecule has 120 valence electrons. The number of benzene rings is 1. The molecule has 3 nitrogen and oxygen atoms in total. The Morgan fingerprint density at radius 3 is 2.48 bits per heavy atom. The molecule has 0 fully saturated rings. The molecule has 0 bridgehead atoms. The van der Waals surface area contributed by atoms with Gasteiger partial charge in [0.15, 0.2) is 0 Å². The molecule has 0 aliphatic carbocycles. The van der Waals surface area contributed by atoms with Crippen LogP contribution in [0.1, 0.15) is 39.2 Å². The second-order valence-electron chi connectivity index (χ2n) is 6.13. The van der Waals surface area contributed by atoms with Gasteiger partial charge in [0.05, 0.1) is 14.2 Å². The van der Waals surface area contributed by atoms with E-state index in [1.54, 1.807) is 14.2 Å². The molecule has 0 unspecified atom stereocenters. The molecule has 0 atom stereocenters. The Balaban J connectivity index is 2.74. The maximum absolute atomic E-state index is 5.51. The maximum Gasteiger partial charge on any atom is 0.126 e. The zero-order chi connectivity index (χ0) is 15.9. The number of rotatable bonds is 9. The predicted octanol–water partition coefficient (Wildman–Crippen LogP) is 4.42. The highest BCUT2D eigenvalue weighted by atomic mass is 79.9. The molecule has 1 N–H and O–H groups in total. The number of ether oxygens (including phenoxy) is 2.